The number of hydrazone groups is 1. The van der Waals surface area contributed by atoms with Crippen LogP contribution in [-0.2, 0) is 4.79 Å². The van der Waals surface area contributed by atoms with Crippen LogP contribution >= 0.6 is 11.8 Å². The van der Waals surface area contributed by atoms with Gasteiger partial charge in [0.1, 0.15) is 11.9 Å². The Hall–Kier alpha value is -2.08. The topological polar surface area (TPSA) is 57.1 Å². The van der Waals surface area contributed by atoms with Gasteiger partial charge in [-0.25, -0.2) is 5.01 Å². The summed E-state index contributed by atoms with van der Waals surface area (Å²) in [5, 5.41) is 12.3. The van der Waals surface area contributed by atoms with Gasteiger partial charge in [0.25, 0.3) is 5.91 Å². The maximum atomic E-state index is 13.2. The smallest absolute Gasteiger partial charge is 0.276 e. The molecule has 3 atom stereocenters. The molecule has 0 fully saturated rings. The number of rotatable bonds is 6. The molecule has 6 heteroatoms. The van der Waals surface area contributed by atoms with Gasteiger partial charge in [0.15, 0.2) is 5.17 Å². The number of allylic oxidation sites excluding steroid dienone is 2. The number of carbonyl (C=O) groups is 1. The monoisotopic (exact) mass is 424 g/mol. The van der Waals surface area contributed by atoms with Gasteiger partial charge in [-0.15, -0.1) is 5.10 Å². The zero-order chi connectivity index (χ0) is 21.1. The molecule has 5 nitrogen and oxygen atoms in total. The van der Waals surface area contributed by atoms with E-state index in [1.165, 1.54) is 24.8 Å². The molecule has 30 heavy (non-hydrogen) atoms. The Bertz CT molecular complexity index is 983. The number of amidine groups is 1. The van der Waals surface area contributed by atoms with Crippen molar-refractivity contribution in [3.05, 3.63) is 46.5 Å². The molecule has 2 aliphatic heterocycles. The molecule has 1 N–H and O–H groups in total. The Labute approximate surface area is 183 Å². The van der Waals surface area contributed by atoms with Gasteiger partial charge in [-0.1, -0.05) is 74.7 Å². The average molecular weight is 425 g/mol. The molecule has 0 aromatic heterocycles. The predicted octanol–water partition coefficient (Wildman–Crippen LogP) is 3.76. The summed E-state index contributed by atoms with van der Waals surface area (Å²) in [6.45, 7) is 6.72. The van der Waals surface area contributed by atoms with E-state index < -0.39 is 0 Å². The van der Waals surface area contributed by atoms with Crippen molar-refractivity contribution >= 4 is 28.5 Å². The third-order valence-electron chi connectivity index (χ3n) is 6.28. The van der Waals surface area contributed by atoms with Gasteiger partial charge in [0.05, 0.1) is 5.36 Å². The molecule has 0 saturated carbocycles. The second-order valence-corrected chi connectivity index (χ2v) is 9.74. The van der Waals surface area contributed by atoms with Gasteiger partial charge >= 0.3 is 0 Å². The molecule has 160 valence electrons. The summed E-state index contributed by atoms with van der Waals surface area (Å²) in [6, 6.07) is 7.94. The summed E-state index contributed by atoms with van der Waals surface area (Å²) in [5.74, 6) is 1.74. The Kier molecular flexibility index (Phi) is 6.61. The minimum Gasteiger partial charge on any atom is -0.298 e. The van der Waals surface area contributed by atoms with Crippen LogP contribution in [0.1, 0.15) is 59.3 Å². The second kappa shape index (κ2) is 9.38. The maximum Gasteiger partial charge on any atom is 0.276 e. The van der Waals surface area contributed by atoms with Crippen LogP contribution in [0.5, 0.6) is 0 Å². The fraction of sp³-hybridized carbons (Fsp3) is 0.542. The fourth-order valence-corrected chi connectivity index (χ4v) is 5.47. The molecule has 0 unspecified atom stereocenters. The standard InChI is InChI=1S/C24H32N4OS/c1-4-5-6-9-14-30-24-26-23(29)21-19-10-7-8-11-20(19)25-22(28(21)27-24)18-13-12-16(2)15-17(18)3/h7-8,10-12,17-18,22H,4-6,9,13-15H2,1-3H3,(H,26,27,29)/t17-,18+,22+/m1/s1. The molecule has 4 rings (SSSR count). The second-order valence-electron chi connectivity index (χ2n) is 8.65. The number of fused-ring (bicyclic) bond motifs is 2. The molecule has 2 heterocycles. The van der Waals surface area contributed by atoms with E-state index in [9.17, 15) is 4.79 Å². The normalized spacial score (nSPS) is 25.6. The molecule has 1 aliphatic carbocycles. The zero-order valence-corrected chi connectivity index (χ0v) is 19.0. The van der Waals surface area contributed by atoms with Crippen LogP contribution in [0.2, 0.25) is 0 Å². The van der Waals surface area contributed by atoms with Crippen LogP contribution in [0.4, 0.5) is 0 Å². The number of amides is 1. The number of carbonyl (C=O) groups excluding carboxylic acids is 1. The molecule has 0 saturated heterocycles. The fourth-order valence-electron chi connectivity index (χ4n) is 4.62. The largest absolute Gasteiger partial charge is 0.298 e. The lowest BCUT2D eigenvalue weighted by Crippen LogP contribution is -2.55. The van der Waals surface area contributed by atoms with Crippen molar-refractivity contribution in [3.8, 4) is 0 Å². The molecule has 1 aromatic rings. The number of nitrogens with zero attached hydrogens (tertiary/aromatic N) is 3. The van der Waals surface area contributed by atoms with Crippen LogP contribution in [0, 0.1) is 11.8 Å². The van der Waals surface area contributed by atoms with Crippen LogP contribution in [0.25, 0.3) is 5.70 Å². The van der Waals surface area contributed by atoms with E-state index in [1.807, 2.05) is 29.3 Å². The summed E-state index contributed by atoms with van der Waals surface area (Å²) < 4.78 is 0. The molecular weight excluding hydrogens is 392 g/mol. The zero-order valence-electron chi connectivity index (χ0n) is 18.2. The van der Waals surface area contributed by atoms with Crippen LogP contribution in [0.15, 0.2) is 46.0 Å². The van der Waals surface area contributed by atoms with E-state index in [4.69, 9.17) is 10.1 Å². The van der Waals surface area contributed by atoms with E-state index in [2.05, 4.69) is 32.2 Å². The maximum absolute atomic E-state index is 13.2. The van der Waals surface area contributed by atoms with Gasteiger partial charge in [0.2, 0.25) is 0 Å². The summed E-state index contributed by atoms with van der Waals surface area (Å²) in [4.78, 5) is 18.3. The van der Waals surface area contributed by atoms with E-state index in [0.717, 1.165) is 35.6 Å². The van der Waals surface area contributed by atoms with Gasteiger partial charge < -0.3 is 0 Å². The predicted molar refractivity (Wildman–Crippen MR) is 124 cm³/mol. The summed E-state index contributed by atoms with van der Waals surface area (Å²) in [7, 11) is 0. The highest BCUT2D eigenvalue weighted by Gasteiger charge is 2.39. The Morgan fingerprint density at radius 3 is 2.87 bits per heavy atom. The van der Waals surface area contributed by atoms with Crippen molar-refractivity contribution in [1.82, 2.24) is 10.3 Å². The summed E-state index contributed by atoms with van der Waals surface area (Å²) in [5.41, 5.74) is 2.08. The van der Waals surface area contributed by atoms with Gasteiger partial charge in [-0.05, 0) is 38.2 Å². The van der Waals surface area contributed by atoms with Crippen molar-refractivity contribution in [2.45, 2.75) is 65.5 Å². The Balaban J connectivity index is 1.67. The average Bonchev–Trinajstić information content (AvgIpc) is 2.73. The van der Waals surface area contributed by atoms with E-state index in [1.54, 1.807) is 11.8 Å². The minimum absolute atomic E-state index is 0.0661. The van der Waals surface area contributed by atoms with Crippen molar-refractivity contribution < 1.29 is 4.79 Å². The summed E-state index contributed by atoms with van der Waals surface area (Å²) in [6.07, 6.45) is 9.10. The number of nitrogens with one attached hydrogen (secondary N) is 1. The minimum atomic E-state index is -0.143. The molecule has 0 bridgehead atoms. The highest BCUT2D eigenvalue weighted by Crippen LogP contribution is 2.36. The highest BCUT2D eigenvalue weighted by atomic mass is 32.2. The van der Waals surface area contributed by atoms with Crippen LogP contribution in [0.3, 0.4) is 0 Å². The van der Waals surface area contributed by atoms with Crippen LogP contribution < -0.4 is 15.9 Å². The Morgan fingerprint density at radius 2 is 2.07 bits per heavy atom. The third kappa shape index (κ3) is 4.34. The molecule has 0 spiro atoms. The Morgan fingerprint density at radius 1 is 1.23 bits per heavy atom. The number of hydrogen-bond acceptors (Lipinski definition) is 5. The van der Waals surface area contributed by atoms with Crippen molar-refractivity contribution in [1.29, 1.82) is 0 Å². The first-order chi connectivity index (χ1) is 14.6. The molecule has 0 radical (unpaired) electrons. The molecular formula is C24H32N4OS. The van der Waals surface area contributed by atoms with Gasteiger partial charge in [0, 0.05) is 16.9 Å². The van der Waals surface area contributed by atoms with Crippen molar-refractivity contribution in [2.75, 3.05) is 5.75 Å². The number of unbranched alkanes of at least 4 members (excludes halogenated alkanes) is 3. The molecule has 1 aromatic carbocycles. The lowest BCUT2D eigenvalue weighted by molar-refractivity contribution is -0.116. The highest BCUT2D eigenvalue weighted by molar-refractivity contribution is 8.13. The quantitative estimate of drug-likeness (QED) is 0.559. The van der Waals surface area contributed by atoms with Crippen molar-refractivity contribution in [2.24, 2.45) is 21.9 Å². The van der Waals surface area contributed by atoms with Crippen molar-refractivity contribution in [3.63, 3.8) is 0 Å². The first kappa shape index (κ1) is 21.2. The summed E-state index contributed by atoms with van der Waals surface area (Å²) >= 11 is 1.65. The first-order valence-corrected chi connectivity index (χ1v) is 12.2. The number of hydrogen-bond donors (Lipinski definition) is 1. The third-order valence-corrected chi connectivity index (χ3v) is 7.23. The lowest BCUT2D eigenvalue weighted by atomic mass is 9.79. The molecule has 3 aliphatic rings. The molecule has 1 amide bonds. The first-order valence-electron chi connectivity index (χ1n) is 11.2. The van der Waals surface area contributed by atoms with E-state index in [0.29, 0.717) is 22.7 Å². The SMILES string of the molecule is CCCCCCSC1=NN2C(=c3ccccc3=N[C@@H]2[C@H]2CC=C(C)C[C@H]2C)C(=O)N1. The van der Waals surface area contributed by atoms with E-state index >= 15 is 0 Å². The van der Waals surface area contributed by atoms with E-state index in [-0.39, 0.29) is 12.1 Å². The number of benzene rings is 1. The number of thioether (sulfide) groups is 1. The van der Waals surface area contributed by atoms with Gasteiger partial charge in [-0.3, -0.25) is 15.1 Å². The number of para-hydroxylation sites is 1. The lowest BCUT2D eigenvalue weighted by Gasteiger charge is -2.40. The van der Waals surface area contributed by atoms with Gasteiger partial charge in [-0.2, -0.15) is 0 Å². The van der Waals surface area contributed by atoms with Crippen LogP contribution in [-0.4, -0.2) is 28.0 Å².